The molecule has 7 heavy (non-hydrogen) atoms. The molecule has 0 saturated heterocycles. The molecule has 0 spiro atoms. The Morgan fingerprint density at radius 2 is 1.14 bits per heavy atom. The average molecular weight is 190 g/mol. The maximum absolute atomic E-state index is 8.52. The molecule has 4 nitrogen and oxygen atoms in total. The molecule has 0 heterocycles. The molecular formula is KMnO4S+. The van der Waals surface area contributed by atoms with Gasteiger partial charge in [0, 0.05) is 10.4 Å². The third-order valence-electron chi connectivity index (χ3n) is 0. The molecule has 7 heteroatoms. The van der Waals surface area contributed by atoms with Crippen LogP contribution in [-0.2, 0) is 27.5 Å². The largest absolute Gasteiger partial charge is 2.00 e. The molecule has 0 N–H and O–H groups in total. The molecule has 0 aliphatic carbocycles. The molecule has 0 bridgehead atoms. The normalized spacial score (nSPS) is 8.29. The Labute approximate surface area is 94.5 Å². The van der Waals surface area contributed by atoms with Crippen LogP contribution in [0.1, 0.15) is 0 Å². The molecule has 1 radical (unpaired) electrons. The van der Waals surface area contributed by atoms with Gasteiger partial charge in [0.25, 0.3) is 0 Å². The number of hydrogen-bond donors (Lipinski definition) is 0. The summed E-state index contributed by atoms with van der Waals surface area (Å²) in [5, 5.41) is 0. The van der Waals surface area contributed by atoms with E-state index in [4.69, 9.17) is 17.5 Å². The Bertz CT molecular complexity index is 94.9. The molecular weight excluding hydrogens is 190 g/mol. The van der Waals surface area contributed by atoms with Gasteiger partial charge in [-0.1, -0.05) is 0 Å². The Morgan fingerprint density at radius 3 is 1.14 bits per heavy atom. The maximum Gasteiger partial charge on any atom is 2.00 e. The second-order valence-electron chi connectivity index (χ2n) is 0.408. The summed E-state index contributed by atoms with van der Waals surface area (Å²) in [6.45, 7) is 0. The SMILES string of the molecule is O=S(=O)([O-])[O-].[K+].[Mn+2]. The van der Waals surface area contributed by atoms with E-state index in [1.165, 1.54) is 0 Å². The van der Waals surface area contributed by atoms with Crippen molar-refractivity contribution in [2.24, 2.45) is 0 Å². The van der Waals surface area contributed by atoms with Crippen LogP contribution < -0.4 is 51.4 Å². The molecule has 0 fully saturated rings. The van der Waals surface area contributed by atoms with E-state index in [-0.39, 0.29) is 68.5 Å². The van der Waals surface area contributed by atoms with E-state index in [1.54, 1.807) is 0 Å². The fourth-order valence-corrected chi connectivity index (χ4v) is 0. The van der Waals surface area contributed by atoms with Crippen molar-refractivity contribution in [2.75, 3.05) is 0 Å². The van der Waals surface area contributed by atoms with Crippen molar-refractivity contribution in [3.8, 4) is 0 Å². The van der Waals surface area contributed by atoms with Crippen LogP contribution in [0.15, 0.2) is 0 Å². The molecule has 0 aromatic heterocycles. The minimum Gasteiger partial charge on any atom is -0.759 e. The van der Waals surface area contributed by atoms with Gasteiger partial charge in [-0.05, 0) is 0 Å². The van der Waals surface area contributed by atoms with E-state index in [0.717, 1.165) is 0 Å². The standard InChI is InChI=1S/K.Mn.H2O4S/c;;1-5(2,3)4/h;;(H2,1,2,3,4)/q+1;+2;/p-2. The quantitative estimate of drug-likeness (QED) is 0.220. The summed E-state index contributed by atoms with van der Waals surface area (Å²) in [4.78, 5) is 0. The predicted octanol–water partition coefficient (Wildman–Crippen LogP) is -4.34. The molecule has 0 aliphatic rings. The monoisotopic (exact) mass is 190 g/mol. The zero-order chi connectivity index (χ0) is 4.50. The van der Waals surface area contributed by atoms with E-state index in [9.17, 15) is 0 Å². The average Bonchev–Trinajstić information content (AvgIpc) is 0.722. The molecule has 0 saturated carbocycles. The van der Waals surface area contributed by atoms with Gasteiger partial charge in [-0.15, -0.1) is 0 Å². The van der Waals surface area contributed by atoms with Crippen LogP contribution in [0.4, 0.5) is 0 Å². The maximum atomic E-state index is 8.52. The first-order valence-electron chi connectivity index (χ1n) is 0.667. The van der Waals surface area contributed by atoms with Gasteiger partial charge in [-0.3, -0.25) is 8.42 Å². The van der Waals surface area contributed by atoms with E-state index in [0.29, 0.717) is 0 Å². The molecule has 0 atom stereocenters. The third-order valence-corrected chi connectivity index (χ3v) is 0. The second kappa shape index (κ2) is 6.15. The van der Waals surface area contributed by atoms with Crippen molar-refractivity contribution in [1.82, 2.24) is 0 Å². The first-order valence-corrected chi connectivity index (χ1v) is 2.00. The van der Waals surface area contributed by atoms with Crippen LogP contribution in [0.25, 0.3) is 0 Å². The van der Waals surface area contributed by atoms with E-state index >= 15 is 0 Å². The summed E-state index contributed by atoms with van der Waals surface area (Å²) in [6.07, 6.45) is 0. The van der Waals surface area contributed by atoms with Crippen LogP contribution >= 0.6 is 0 Å². The fourth-order valence-electron chi connectivity index (χ4n) is 0. The number of rotatable bonds is 0. The van der Waals surface area contributed by atoms with Gasteiger partial charge in [0.2, 0.25) is 0 Å². The first-order chi connectivity index (χ1) is 2.00. The number of hydrogen-bond acceptors (Lipinski definition) is 4. The Balaban J connectivity index is -0.0000000800. The van der Waals surface area contributed by atoms with Gasteiger partial charge in [0.05, 0.1) is 0 Å². The molecule has 0 aromatic carbocycles. The van der Waals surface area contributed by atoms with E-state index in [1.807, 2.05) is 0 Å². The summed E-state index contributed by atoms with van der Waals surface area (Å²) in [7, 11) is -5.17. The van der Waals surface area contributed by atoms with Gasteiger partial charge in [0.1, 0.15) is 0 Å². The van der Waals surface area contributed by atoms with Crippen molar-refractivity contribution in [2.45, 2.75) is 0 Å². The smallest absolute Gasteiger partial charge is 0.759 e. The van der Waals surface area contributed by atoms with Crippen molar-refractivity contribution in [3.63, 3.8) is 0 Å². The van der Waals surface area contributed by atoms with Gasteiger partial charge >= 0.3 is 68.5 Å². The van der Waals surface area contributed by atoms with Crippen LogP contribution in [0.5, 0.6) is 0 Å². The van der Waals surface area contributed by atoms with E-state index in [2.05, 4.69) is 0 Å². The summed E-state index contributed by atoms with van der Waals surface area (Å²) < 4.78 is 34.1. The minimum absolute atomic E-state index is 0. The van der Waals surface area contributed by atoms with Crippen molar-refractivity contribution in [3.05, 3.63) is 0 Å². The zero-order valence-electron chi connectivity index (χ0n) is 3.42. The minimum atomic E-state index is -5.17. The zero-order valence-corrected chi connectivity index (χ0v) is 8.54. The van der Waals surface area contributed by atoms with Crippen LogP contribution in [0.3, 0.4) is 0 Å². The Hall–Kier alpha value is 2.03. The van der Waals surface area contributed by atoms with Gasteiger partial charge in [-0.25, -0.2) is 0 Å². The second-order valence-corrected chi connectivity index (χ2v) is 1.22. The molecule has 0 rings (SSSR count). The van der Waals surface area contributed by atoms with Gasteiger partial charge in [0.15, 0.2) is 0 Å². The topological polar surface area (TPSA) is 80.3 Å². The summed E-state index contributed by atoms with van der Waals surface area (Å²) in [5.41, 5.74) is 0. The molecule has 0 aliphatic heterocycles. The van der Waals surface area contributed by atoms with Crippen molar-refractivity contribution < 1.29 is 86.0 Å². The first kappa shape index (κ1) is 16.0. The molecule has 0 amide bonds. The molecule has 0 aromatic rings. The molecule has 0 unspecified atom stereocenters. The predicted molar refractivity (Wildman–Crippen MR) is 10.5 cm³/mol. The molecule has 37 valence electrons. The Morgan fingerprint density at radius 1 is 1.14 bits per heavy atom. The van der Waals surface area contributed by atoms with Crippen molar-refractivity contribution in [1.29, 1.82) is 0 Å². The third kappa shape index (κ3) is 71.0. The fraction of sp³-hybridized carbons (Fsp3) is 0. The summed E-state index contributed by atoms with van der Waals surface area (Å²) >= 11 is 0. The summed E-state index contributed by atoms with van der Waals surface area (Å²) in [6, 6.07) is 0. The van der Waals surface area contributed by atoms with Crippen LogP contribution in [0, 0.1) is 0 Å². The van der Waals surface area contributed by atoms with Crippen molar-refractivity contribution >= 4 is 10.4 Å². The van der Waals surface area contributed by atoms with E-state index < -0.39 is 10.4 Å². The van der Waals surface area contributed by atoms with Crippen LogP contribution in [-0.4, -0.2) is 17.5 Å². The van der Waals surface area contributed by atoms with Gasteiger partial charge in [-0.2, -0.15) is 0 Å². The summed E-state index contributed by atoms with van der Waals surface area (Å²) in [5.74, 6) is 0. The van der Waals surface area contributed by atoms with Gasteiger partial charge < -0.3 is 9.11 Å². The van der Waals surface area contributed by atoms with Crippen LogP contribution in [0.2, 0.25) is 0 Å². The Kier molecular flexibility index (Phi) is 14.1.